The third kappa shape index (κ3) is 4.74. The molecule has 0 unspecified atom stereocenters. The fraction of sp³-hybridized carbons (Fsp3) is 0.455. The highest BCUT2D eigenvalue weighted by molar-refractivity contribution is 5.98. The van der Waals surface area contributed by atoms with E-state index in [1.807, 2.05) is 43.0 Å². The molecule has 0 saturated heterocycles. The molecule has 0 amide bonds. The first kappa shape index (κ1) is 21.5. The number of rotatable bonds is 8. The van der Waals surface area contributed by atoms with Crippen LogP contribution in [0.1, 0.15) is 45.1 Å². The van der Waals surface area contributed by atoms with E-state index in [1.54, 1.807) is 12.4 Å². The molecule has 0 atom stereocenters. The van der Waals surface area contributed by atoms with Crippen molar-refractivity contribution >= 4 is 11.9 Å². The molecule has 0 bridgehead atoms. The quantitative estimate of drug-likeness (QED) is 0.500. The molecule has 0 saturated carbocycles. The van der Waals surface area contributed by atoms with Gasteiger partial charge in [0.25, 0.3) is 0 Å². The number of esters is 2. The minimum Gasteiger partial charge on any atom is -0.493 e. The number of hydrogen-bond donors (Lipinski definition) is 0. The highest BCUT2D eigenvalue weighted by Gasteiger charge is 2.37. The predicted molar refractivity (Wildman–Crippen MR) is 107 cm³/mol. The summed E-state index contributed by atoms with van der Waals surface area (Å²) in [6.45, 7) is 6.60. The number of methoxy groups -OCH3 is 2. The van der Waals surface area contributed by atoms with E-state index >= 15 is 0 Å². The number of nitrogens with zero attached hydrogens (tertiary/aromatic N) is 1. The zero-order chi connectivity index (χ0) is 20.7. The van der Waals surface area contributed by atoms with Crippen LogP contribution in [0.3, 0.4) is 0 Å². The topological polar surface area (TPSA) is 65.1 Å². The molecule has 0 aromatic heterocycles. The SMILES string of the molecule is CCCCOc1ccccc1C1C(C(=O)OC)=CN(C(C)C)C=C1C(=O)OC. The molecule has 2 rings (SSSR count). The number of carbonyl (C=O) groups is 2. The van der Waals surface area contributed by atoms with Crippen molar-refractivity contribution in [2.24, 2.45) is 0 Å². The van der Waals surface area contributed by atoms with Crippen molar-refractivity contribution < 1.29 is 23.8 Å². The van der Waals surface area contributed by atoms with E-state index in [0.29, 0.717) is 23.5 Å². The van der Waals surface area contributed by atoms with Gasteiger partial charge in [-0.3, -0.25) is 0 Å². The molecule has 28 heavy (non-hydrogen) atoms. The molecule has 1 aliphatic rings. The van der Waals surface area contributed by atoms with Crippen molar-refractivity contribution in [1.82, 2.24) is 4.90 Å². The van der Waals surface area contributed by atoms with Gasteiger partial charge in [-0.25, -0.2) is 9.59 Å². The third-order valence-electron chi connectivity index (χ3n) is 4.62. The molecule has 1 heterocycles. The molecule has 0 radical (unpaired) electrons. The monoisotopic (exact) mass is 387 g/mol. The van der Waals surface area contributed by atoms with Crippen molar-refractivity contribution in [3.05, 3.63) is 53.4 Å². The van der Waals surface area contributed by atoms with Crippen LogP contribution in [0.25, 0.3) is 0 Å². The second kappa shape index (κ2) is 9.97. The average molecular weight is 387 g/mol. The van der Waals surface area contributed by atoms with Crippen LogP contribution in [0, 0.1) is 0 Å². The zero-order valence-corrected chi connectivity index (χ0v) is 17.2. The van der Waals surface area contributed by atoms with Crippen LogP contribution in [-0.2, 0) is 19.1 Å². The molecule has 1 aliphatic heterocycles. The van der Waals surface area contributed by atoms with E-state index in [0.717, 1.165) is 18.4 Å². The van der Waals surface area contributed by atoms with Gasteiger partial charge in [-0.1, -0.05) is 31.5 Å². The lowest BCUT2D eigenvalue weighted by Gasteiger charge is -2.32. The van der Waals surface area contributed by atoms with Gasteiger partial charge < -0.3 is 19.1 Å². The molecule has 6 nitrogen and oxygen atoms in total. The Kier molecular flexibility index (Phi) is 7.67. The Hall–Kier alpha value is -2.76. The maximum atomic E-state index is 12.6. The van der Waals surface area contributed by atoms with Gasteiger partial charge in [-0.05, 0) is 26.3 Å². The molecule has 1 aromatic carbocycles. The molecular formula is C22H29NO5. The van der Waals surface area contributed by atoms with Gasteiger partial charge in [-0.15, -0.1) is 0 Å². The van der Waals surface area contributed by atoms with Gasteiger partial charge in [0.15, 0.2) is 0 Å². The molecule has 152 valence electrons. The predicted octanol–water partition coefficient (Wildman–Crippen LogP) is 3.79. The summed E-state index contributed by atoms with van der Waals surface area (Å²) in [6, 6.07) is 7.50. The van der Waals surface area contributed by atoms with Crippen molar-refractivity contribution in [3.63, 3.8) is 0 Å². The molecule has 6 heteroatoms. The van der Waals surface area contributed by atoms with Crippen LogP contribution in [0.4, 0.5) is 0 Å². The minimum atomic E-state index is -0.632. The van der Waals surface area contributed by atoms with Gasteiger partial charge in [0, 0.05) is 24.0 Å². The number of benzene rings is 1. The summed E-state index contributed by atoms with van der Waals surface area (Å²) < 4.78 is 16.0. The van der Waals surface area contributed by atoms with Crippen LogP contribution in [0.2, 0.25) is 0 Å². The summed E-state index contributed by atoms with van der Waals surface area (Å²) in [5.74, 6) is -0.974. The number of ether oxygens (including phenoxy) is 3. The number of para-hydroxylation sites is 1. The summed E-state index contributed by atoms with van der Waals surface area (Å²) in [6.07, 6.45) is 5.39. The molecule has 1 aromatic rings. The van der Waals surface area contributed by atoms with Crippen LogP contribution < -0.4 is 4.74 Å². The zero-order valence-electron chi connectivity index (χ0n) is 17.2. The number of carbonyl (C=O) groups excluding carboxylic acids is 2. The van der Waals surface area contributed by atoms with E-state index in [2.05, 4.69) is 6.92 Å². The smallest absolute Gasteiger partial charge is 0.336 e. The Morgan fingerprint density at radius 3 is 2.11 bits per heavy atom. The molecule has 0 spiro atoms. The summed E-state index contributed by atoms with van der Waals surface area (Å²) in [5.41, 5.74) is 1.46. The van der Waals surface area contributed by atoms with E-state index in [-0.39, 0.29) is 6.04 Å². The van der Waals surface area contributed by atoms with Crippen LogP contribution in [0.5, 0.6) is 5.75 Å². The van der Waals surface area contributed by atoms with Crippen molar-refractivity contribution in [3.8, 4) is 5.75 Å². The highest BCUT2D eigenvalue weighted by atomic mass is 16.5. The Bertz CT molecular complexity index is 732. The van der Waals surface area contributed by atoms with Crippen molar-refractivity contribution in [1.29, 1.82) is 0 Å². The fourth-order valence-corrected chi connectivity index (χ4v) is 3.06. The first-order valence-corrected chi connectivity index (χ1v) is 9.53. The second-order valence-electron chi connectivity index (χ2n) is 6.87. The van der Waals surface area contributed by atoms with Gasteiger partial charge in [-0.2, -0.15) is 0 Å². The van der Waals surface area contributed by atoms with E-state index in [9.17, 15) is 9.59 Å². The number of hydrogen-bond acceptors (Lipinski definition) is 6. The Morgan fingerprint density at radius 2 is 1.61 bits per heavy atom. The van der Waals surface area contributed by atoms with Crippen molar-refractivity contribution in [2.75, 3.05) is 20.8 Å². The van der Waals surface area contributed by atoms with E-state index < -0.39 is 17.9 Å². The standard InChI is InChI=1S/C22H29NO5/c1-6-7-12-28-19-11-9-8-10-16(19)20-17(21(24)26-4)13-23(15(2)3)14-18(20)22(25)27-5/h8-11,13-15,20H,6-7,12H2,1-5H3. The van der Waals surface area contributed by atoms with Gasteiger partial charge in [0.2, 0.25) is 0 Å². The first-order chi connectivity index (χ1) is 13.4. The Morgan fingerprint density at radius 1 is 1.04 bits per heavy atom. The van der Waals surface area contributed by atoms with E-state index in [4.69, 9.17) is 14.2 Å². The normalized spacial score (nSPS) is 14.4. The fourth-order valence-electron chi connectivity index (χ4n) is 3.06. The number of unbranched alkanes of at least 4 members (excludes halogenated alkanes) is 1. The Balaban J connectivity index is 2.59. The summed E-state index contributed by atoms with van der Waals surface area (Å²) in [7, 11) is 2.67. The Labute approximate surface area is 166 Å². The van der Waals surface area contributed by atoms with Crippen LogP contribution >= 0.6 is 0 Å². The lowest BCUT2D eigenvalue weighted by Crippen LogP contribution is -2.31. The summed E-state index contributed by atoms with van der Waals surface area (Å²) >= 11 is 0. The molecular weight excluding hydrogens is 358 g/mol. The van der Waals surface area contributed by atoms with Crippen LogP contribution in [0.15, 0.2) is 47.8 Å². The highest BCUT2D eigenvalue weighted by Crippen LogP contribution is 2.41. The molecule has 0 aliphatic carbocycles. The summed E-state index contributed by atoms with van der Waals surface area (Å²) in [4.78, 5) is 27.0. The van der Waals surface area contributed by atoms with Gasteiger partial charge in [0.05, 0.1) is 37.9 Å². The lowest BCUT2D eigenvalue weighted by molar-refractivity contribution is -0.137. The van der Waals surface area contributed by atoms with Crippen LogP contribution in [-0.4, -0.2) is 43.7 Å². The minimum absolute atomic E-state index is 0.0521. The molecule has 0 fully saturated rings. The third-order valence-corrected chi connectivity index (χ3v) is 4.62. The summed E-state index contributed by atoms with van der Waals surface area (Å²) in [5, 5.41) is 0. The van der Waals surface area contributed by atoms with Gasteiger partial charge >= 0.3 is 11.9 Å². The lowest BCUT2D eigenvalue weighted by atomic mass is 9.82. The molecule has 0 N–H and O–H groups in total. The maximum Gasteiger partial charge on any atom is 0.336 e. The van der Waals surface area contributed by atoms with Crippen molar-refractivity contribution in [2.45, 2.75) is 45.6 Å². The average Bonchev–Trinajstić information content (AvgIpc) is 2.72. The first-order valence-electron chi connectivity index (χ1n) is 9.53. The second-order valence-corrected chi connectivity index (χ2v) is 6.87. The van der Waals surface area contributed by atoms with E-state index in [1.165, 1.54) is 14.2 Å². The maximum absolute atomic E-state index is 12.6. The van der Waals surface area contributed by atoms with Gasteiger partial charge in [0.1, 0.15) is 5.75 Å². The largest absolute Gasteiger partial charge is 0.493 e.